The number of carbonyl (C=O) groups is 1. The molecule has 1 aromatic carbocycles. The Hall–Kier alpha value is -2.75. The summed E-state index contributed by atoms with van der Waals surface area (Å²) in [4.78, 5) is 25.7. The predicted molar refractivity (Wildman–Crippen MR) is 95.8 cm³/mol. The van der Waals surface area contributed by atoms with Crippen LogP contribution in [0.3, 0.4) is 0 Å². The summed E-state index contributed by atoms with van der Waals surface area (Å²) in [5, 5.41) is 7.78. The lowest BCUT2D eigenvalue weighted by Gasteiger charge is -2.21. The third-order valence-electron chi connectivity index (χ3n) is 3.80. The van der Waals surface area contributed by atoms with Crippen LogP contribution in [0.15, 0.2) is 28.2 Å². The van der Waals surface area contributed by atoms with Gasteiger partial charge in [-0.15, -0.1) is 10.2 Å². The van der Waals surface area contributed by atoms with E-state index < -0.39 is 5.56 Å². The van der Waals surface area contributed by atoms with Crippen LogP contribution in [0.2, 0.25) is 0 Å². The van der Waals surface area contributed by atoms with Gasteiger partial charge in [0.25, 0.3) is 5.56 Å². The minimum Gasteiger partial charge on any atom is -0.486 e. The number of fused-ring (bicyclic) bond motifs is 1. The maximum atomic E-state index is 12.3. The first kappa shape index (κ1) is 18.1. The number of nitrogens with zero attached hydrogens (tertiary/aromatic N) is 4. The van der Waals surface area contributed by atoms with E-state index in [0.717, 1.165) is 22.0 Å². The van der Waals surface area contributed by atoms with Crippen molar-refractivity contribution in [3.8, 4) is 11.5 Å². The van der Waals surface area contributed by atoms with E-state index in [4.69, 9.17) is 15.3 Å². The van der Waals surface area contributed by atoms with Gasteiger partial charge in [0.05, 0.1) is 5.75 Å². The fraction of sp³-hybridized carbons (Fsp3) is 0.375. The number of rotatable bonds is 5. The summed E-state index contributed by atoms with van der Waals surface area (Å²) in [7, 11) is 1.70. The van der Waals surface area contributed by atoms with Gasteiger partial charge < -0.3 is 20.2 Å². The molecule has 1 amide bonds. The molecule has 0 saturated heterocycles. The summed E-state index contributed by atoms with van der Waals surface area (Å²) in [6.45, 7) is 3.00. The summed E-state index contributed by atoms with van der Waals surface area (Å²) in [5.74, 6) is 7.03. The second-order valence-electron chi connectivity index (χ2n) is 5.76. The summed E-state index contributed by atoms with van der Waals surface area (Å²) >= 11 is 1.07. The second kappa shape index (κ2) is 7.65. The van der Waals surface area contributed by atoms with Crippen LogP contribution in [0, 0.1) is 6.92 Å². The molecule has 2 aromatic rings. The van der Waals surface area contributed by atoms with E-state index >= 15 is 0 Å². The lowest BCUT2D eigenvalue weighted by atomic mass is 10.2. The molecule has 0 aliphatic carbocycles. The van der Waals surface area contributed by atoms with E-state index in [2.05, 4.69) is 10.2 Å². The molecule has 1 aliphatic rings. The number of aryl methyl sites for hydroxylation is 1. The highest BCUT2D eigenvalue weighted by atomic mass is 32.2. The number of amides is 1. The number of carbonyl (C=O) groups excluding carboxylic acids is 1. The normalized spacial score (nSPS) is 12.7. The molecule has 138 valence electrons. The highest BCUT2D eigenvalue weighted by Crippen LogP contribution is 2.31. The number of nitrogens with two attached hydrogens (primary N) is 1. The first-order valence-corrected chi connectivity index (χ1v) is 8.91. The number of thioether (sulfide) groups is 1. The average molecular weight is 377 g/mol. The molecule has 26 heavy (non-hydrogen) atoms. The van der Waals surface area contributed by atoms with Crippen LogP contribution in [0.1, 0.15) is 11.3 Å². The van der Waals surface area contributed by atoms with E-state index in [0.29, 0.717) is 31.3 Å². The van der Waals surface area contributed by atoms with E-state index in [-0.39, 0.29) is 22.5 Å². The molecule has 0 saturated carbocycles. The number of hydrogen-bond acceptors (Lipinski definition) is 8. The van der Waals surface area contributed by atoms with Crippen molar-refractivity contribution in [2.45, 2.75) is 18.6 Å². The van der Waals surface area contributed by atoms with Gasteiger partial charge in [0.2, 0.25) is 11.1 Å². The number of nitrogen functional groups attached to an aromatic ring is 1. The summed E-state index contributed by atoms with van der Waals surface area (Å²) in [6, 6.07) is 5.60. The van der Waals surface area contributed by atoms with Gasteiger partial charge in [-0.25, -0.2) is 0 Å². The van der Waals surface area contributed by atoms with E-state index in [1.165, 1.54) is 6.92 Å². The minimum atomic E-state index is -0.431. The molecule has 1 aromatic heterocycles. The van der Waals surface area contributed by atoms with E-state index in [9.17, 15) is 9.59 Å². The summed E-state index contributed by atoms with van der Waals surface area (Å²) in [6.07, 6.45) is 0. The molecule has 2 N–H and O–H groups in total. The maximum Gasteiger partial charge on any atom is 0.294 e. The Morgan fingerprint density at radius 1 is 1.31 bits per heavy atom. The van der Waals surface area contributed by atoms with Gasteiger partial charge >= 0.3 is 0 Å². The Morgan fingerprint density at radius 2 is 2.04 bits per heavy atom. The highest BCUT2D eigenvalue weighted by molar-refractivity contribution is 7.99. The molecule has 0 radical (unpaired) electrons. The predicted octanol–water partition coefficient (Wildman–Crippen LogP) is 0.182. The van der Waals surface area contributed by atoms with Gasteiger partial charge in [0, 0.05) is 13.6 Å². The fourth-order valence-corrected chi connectivity index (χ4v) is 3.15. The van der Waals surface area contributed by atoms with Crippen molar-refractivity contribution in [3.63, 3.8) is 0 Å². The highest BCUT2D eigenvalue weighted by Gasteiger charge is 2.16. The van der Waals surface area contributed by atoms with Crippen molar-refractivity contribution in [1.82, 2.24) is 19.8 Å². The molecule has 0 bridgehead atoms. The average Bonchev–Trinajstić information content (AvgIpc) is 2.65. The molecule has 3 rings (SSSR count). The lowest BCUT2D eigenvalue weighted by molar-refractivity contribution is -0.127. The zero-order valence-corrected chi connectivity index (χ0v) is 15.3. The van der Waals surface area contributed by atoms with Crippen molar-refractivity contribution < 1.29 is 14.3 Å². The monoisotopic (exact) mass is 377 g/mol. The summed E-state index contributed by atoms with van der Waals surface area (Å²) < 4.78 is 11.9. The topological polar surface area (TPSA) is 113 Å². The number of benzene rings is 1. The molecule has 2 heterocycles. The van der Waals surface area contributed by atoms with E-state index in [1.54, 1.807) is 11.9 Å². The van der Waals surface area contributed by atoms with Crippen LogP contribution >= 0.6 is 11.8 Å². The Bertz CT molecular complexity index is 885. The van der Waals surface area contributed by atoms with Crippen molar-refractivity contribution in [3.05, 3.63) is 39.8 Å². The van der Waals surface area contributed by atoms with Gasteiger partial charge in [0.15, 0.2) is 11.5 Å². The van der Waals surface area contributed by atoms with Crippen LogP contribution in [-0.2, 0) is 11.3 Å². The van der Waals surface area contributed by atoms with Crippen LogP contribution in [-0.4, -0.2) is 51.7 Å². The minimum absolute atomic E-state index is 0.0927. The molecular formula is C16H19N5O4S. The molecule has 10 heteroatoms. The van der Waals surface area contributed by atoms with Gasteiger partial charge in [-0.05, 0) is 24.6 Å². The zero-order valence-electron chi connectivity index (χ0n) is 14.5. The van der Waals surface area contributed by atoms with E-state index in [1.807, 2.05) is 18.2 Å². The largest absolute Gasteiger partial charge is 0.486 e. The fourth-order valence-electron chi connectivity index (χ4n) is 2.35. The van der Waals surface area contributed by atoms with Crippen LogP contribution in [0.5, 0.6) is 11.5 Å². The lowest BCUT2D eigenvalue weighted by Crippen LogP contribution is -2.33. The van der Waals surface area contributed by atoms with Crippen LogP contribution in [0.4, 0.5) is 0 Å². The molecule has 1 aliphatic heterocycles. The first-order valence-electron chi connectivity index (χ1n) is 7.92. The number of ether oxygens (including phenoxy) is 2. The zero-order chi connectivity index (χ0) is 18.7. The van der Waals surface area contributed by atoms with Crippen molar-refractivity contribution in [2.75, 3.05) is 31.9 Å². The Balaban J connectivity index is 1.60. The van der Waals surface area contributed by atoms with Crippen molar-refractivity contribution in [1.29, 1.82) is 0 Å². The van der Waals surface area contributed by atoms with Crippen LogP contribution < -0.4 is 20.9 Å². The Morgan fingerprint density at radius 3 is 2.81 bits per heavy atom. The van der Waals surface area contributed by atoms with Crippen molar-refractivity contribution in [2.24, 2.45) is 0 Å². The Kier molecular flexibility index (Phi) is 5.31. The molecular weight excluding hydrogens is 358 g/mol. The second-order valence-corrected chi connectivity index (χ2v) is 6.70. The molecule has 0 unspecified atom stereocenters. The standard InChI is InChI=1S/C16H19N5O4S/c1-10-15(23)21(17)16(19-18-10)26-9-14(22)20(2)8-11-3-4-12-13(7-11)25-6-5-24-12/h3-4,7H,5-6,8-9,17H2,1-2H3. The third kappa shape index (κ3) is 3.90. The molecule has 0 atom stereocenters. The maximum absolute atomic E-state index is 12.3. The summed E-state index contributed by atoms with van der Waals surface area (Å²) in [5.41, 5.74) is 0.708. The number of aromatic nitrogens is 3. The van der Waals surface area contributed by atoms with Gasteiger partial charge in [-0.1, -0.05) is 17.8 Å². The van der Waals surface area contributed by atoms with Crippen LogP contribution in [0.25, 0.3) is 0 Å². The van der Waals surface area contributed by atoms with Gasteiger partial charge in [-0.2, -0.15) is 4.68 Å². The van der Waals surface area contributed by atoms with Gasteiger partial charge in [0.1, 0.15) is 18.9 Å². The van der Waals surface area contributed by atoms with Crippen molar-refractivity contribution >= 4 is 17.7 Å². The Labute approximate surface area is 154 Å². The quantitative estimate of drug-likeness (QED) is 0.580. The molecule has 9 nitrogen and oxygen atoms in total. The first-order chi connectivity index (χ1) is 12.5. The number of hydrogen-bond donors (Lipinski definition) is 1. The smallest absolute Gasteiger partial charge is 0.294 e. The molecule has 0 spiro atoms. The SMILES string of the molecule is Cc1nnc(SCC(=O)N(C)Cc2ccc3c(c2)OCCO3)n(N)c1=O. The molecule has 0 fully saturated rings. The third-order valence-corrected chi connectivity index (χ3v) is 4.72. The van der Waals surface area contributed by atoms with Gasteiger partial charge in [-0.3, -0.25) is 9.59 Å².